The van der Waals surface area contributed by atoms with Crippen LogP contribution in [0, 0.1) is 5.82 Å². The summed E-state index contributed by atoms with van der Waals surface area (Å²) in [6, 6.07) is 5.96. The number of piperidine rings is 1. The molecule has 16 heavy (non-hydrogen) atoms. The van der Waals surface area contributed by atoms with E-state index < -0.39 is 5.54 Å². The first kappa shape index (κ1) is 11.1. The van der Waals surface area contributed by atoms with E-state index >= 15 is 0 Å². The summed E-state index contributed by atoms with van der Waals surface area (Å²) in [5.74, 6) is -0.696. The summed E-state index contributed by atoms with van der Waals surface area (Å²) >= 11 is 0. The largest absolute Gasteiger partial charge is 0.368 e. The van der Waals surface area contributed by atoms with Gasteiger partial charge in [-0.2, -0.15) is 0 Å². The Kier molecular flexibility index (Phi) is 2.92. The SMILES string of the molecule is NC(=O)C1(c2ccc(F)cc2)CCCCN1. The molecular formula is C12H15FN2O. The van der Waals surface area contributed by atoms with E-state index in [0.29, 0.717) is 6.42 Å². The fourth-order valence-electron chi connectivity index (χ4n) is 2.24. The number of hydrogen-bond acceptors (Lipinski definition) is 2. The van der Waals surface area contributed by atoms with Gasteiger partial charge in [0.1, 0.15) is 11.4 Å². The van der Waals surface area contributed by atoms with Crippen LogP contribution in [0.15, 0.2) is 24.3 Å². The molecule has 0 spiro atoms. The Bertz CT molecular complexity index is 383. The number of carbonyl (C=O) groups is 1. The van der Waals surface area contributed by atoms with E-state index in [9.17, 15) is 9.18 Å². The standard InChI is InChI=1S/C12H15FN2O/c13-10-5-3-9(4-6-10)12(11(14)16)7-1-2-8-15-12/h3-6,15H,1-2,7-8H2,(H2,14,16). The maximum Gasteiger partial charge on any atom is 0.242 e. The van der Waals surface area contributed by atoms with Gasteiger partial charge in [0.2, 0.25) is 5.91 Å². The number of carbonyl (C=O) groups excluding carboxylic acids is 1. The van der Waals surface area contributed by atoms with Crippen LogP contribution in [0.25, 0.3) is 0 Å². The molecule has 1 aliphatic rings. The summed E-state index contributed by atoms with van der Waals surface area (Å²) in [6.45, 7) is 0.764. The van der Waals surface area contributed by atoms with Gasteiger partial charge in [-0.3, -0.25) is 10.1 Å². The summed E-state index contributed by atoms with van der Waals surface area (Å²) in [5, 5.41) is 3.17. The molecule has 1 unspecified atom stereocenters. The Morgan fingerprint density at radius 1 is 1.31 bits per heavy atom. The first-order valence-electron chi connectivity index (χ1n) is 5.46. The fourth-order valence-corrected chi connectivity index (χ4v) is 2.24. The van der Waals surface area contributed by atoms with Crippen LogP contribution in [0.5, 0.6) is 0 Å². The van der Waals surface area contributed by atoms with Gasteiger partial charge in [0.05, 0.1) is 0 Å². The van der Waals surface area contributed by atoms with E-state index in [2.05, 4.69) is 5.32 Å². The zero-order valence-corrected chi connectivity index (χ0v) is 9.00. The highest BCUT2D eigenvalue weighted by atomic mass is 19.1. The predicted octanol–water partition coefficient (Wildman–Crippen LogP) is 1.28. The maximum absolute atomic E-state index is 12.8. The smallest absolute Gasteiger partial charge is 0.242 e. The lowest BCUT2D eigenvalue weighted by atomic mass is 9.81. The number of benzene rings is 1. The molecule has 2 rings (SSSR count). The van der Waals surface area contributed by atoms with Crippen LogP contribution in [0.3, 0.4) is 0 Å². The molecule has 1 heterocycles. The Morgan fingerprint density at radius 2 is 2.00 bits per heavy atom. The summed E-state index contributed by atoms with van der Waals surface area (Å²) in [6.07, 6.45) is 2.66. The normalized spacial score (nSPS) is 25.3. The molecule has 0 saturated carbocycles. The lowest BCUT2D eigenvalue weighted by Crippen LogP contribution is -2.54. The average Bonchev–Trinajstić information content (AvgIpc) is 2.30. The van der Waals surface area contributed by atoms with E-state index in [4.69, 9.17) is 5.73 Å². The van der Waals surface area contributed by atoms with Crippen molar-refractivity contribution in [1.82, 2.24) is 5.32 Å². The number of rotatable bonds is 2. The number of nitrogens with two attached hydrogens (primary N) is 1. The van der Waals surface area contributed by atoms with Crippen molar-refractivity contribution in [2.24, 2.45) is 5.73 Å². The number of halogens is 1. The van der Waals surface area contributed by atoms with E-state index in [1.165, 1.54) is 12.1 Å². The second kappa shape index (κ2) is 4.22. The van der Waals surface area contributed by atoms with Crippen molar-refractivity contribution >= 4 is 5.91 Å². The minimum absolute atomic E-state index is 0.306. The van der Waals surface area contributed by atoms with Crippen molar-refractivity contribution in [3.05, 3.63) is 35.6 Å². The molecule has 0 aromatic heterocycles. The molecule has 1 aromatic carbocycles. The second-order valence-electron chi connectivity index (χ2n) is 4.16. The highest BCUT2D eigenvalue weighted by Crippen LogP contribution is 2.30. The highest BCUT2D eigenvalue weighted by molar-refractivity contribution is 5.86. The van der Waals surface area contributed by atoms with E-state index in [1.807, 2.05) is 0 Å². The number of nitrogens with one attached hydrogen (secondary N) is 1. The Labute approximate surface area is 93.8 Å². The third-order valence-electron chi connectivity index (χ3n) is 3.16. The van der Waals surface area contributed by atoms with Crippen LogP contribution in [0.2, 0.25) is 0 Å². The van der Waals surface area contributed by atoms with Gasteiger partial charge in [0.15, 0.2) is 0 Å². The average molecular weight is 222 g/mol. The molecule has 4 heteroatoms. The van der Waals surface area contributed by atoms with Crippen molar-refractivity contribution in [3.8, 4) is 0 Å². The van der Waals surface area contributed by atoms with Crippen LogP contribution in [-0.2, 0) is 10.3 Å². The lowest BCUT2D eigenvalue weighted by molar-refractivity contribution is -0.125. The zero-order valence-electron chi connectivity index (χ0n) is 9.00. The van der Waals surface area contributed by atoms with E-state index in [-0.39, 0.29) is 11.7 Å². The summed E-state index contributed by atoms with van der Waals surface area (Å²) in [7, 11) is 0. The zero-order chi connectivity index (χ0) is 11.6. The van der Waals surface area contributed by atoms with Crippen molar-refractivity contribution in [2.75, 3.05) is 6.54 Å². The first-order chi connectivity index (χ1) is 7.65. The van der Waals surface area contributed by atoms with Crippen LogP contribution >= 0.6 is 0 Å². The van der Waals surface area contributed by atoms with Crippen molar-refractivity contribution < 1.29 is 9.18 Å². The third kappa shape index (κ3) is 1.80. The van der Waals surface area contributed by atoms with Crippen LogP contribution in [0.1, 0.15) is 24.8 Å². The van der Waals surface area contributed by atoms with Gasteiger partial charge in [0.25, 0.3) is 0 Å². The molecule has 1 aromatic rings. The van der Waals surface area contributed by atoms with Gasteiger partial charge in [-0.25, -0.2) is 4.39 Å². The van der Waals surface area contributed by atoms with Gasteiger partial charge < -0.3 is 5.73 Å². The van der Waals surface area contributed by atoms with Crippen molar-refractivity contribution in [3.63, 3.8) is 0 Å². The molecule has 1 amide bonds. The molecule has 0 aliphatic carbocycles. The minimum Gasteiger partial charge on any atom is -0.368 e. The molecule has 1 atom stereocenters. The lowest BCUT2D eigenvalue weighted by Gasteiger charge is -2.36. The summed E-state index contributed by atoms with van der Waals surface area (Å²) in [5.41, 5.74) is 5.41. The molecule has 0 radical (unpaired) electrons. The number of amides is 1. The monoisotopic (exact) mass is 222 g/mol. The highest BCUT2D eigenvalue weighted by Gasteiger charge is 2.39. The topological polar surface area (TPSA) is 55.1 Å². The van der Waals surface area contributed by atoms with Gasteiger partial charge >= 0.3 is 0 Å². The van der Waals surface area contributed by atoms with Gasteiger partial charge in [-0.05, 0) is 43.5 Å². The van der Waals surface area contributed by atoms with Crippen LogP contribution in [0.4, 0.5) is 4.39 Å². The van der Waals surface area contributed by atoms with Gasteiger partial charge in [-0.15, -0.1) is 0 Å². The van der Waals surface area contributed by atoms with E-state index in [0.717, 1.165) is 24.9 Å². The first-order valence-corrected chi connectivity index (χ1v) is 5.46. The summed E-state index contributed by atoms with van der Waals surface area (Å²) < 4.78 is 12.8. The molecule has 3 N–H and O–H groups in total. The van der Waals surface area contributed by atoms with Gasteiger partial charge in [0, 0.05) is 0 Å². The number of hydrogen-bond donors (Lipinski definition) is 2. The number of primary amides is 1. The molecule has 1 aliphatic heterocycles. The van der Waals surface area contributed by atoms with Gasteiger partial charge in [-0.1, -0.05) is 12.1 Å². The quantitative estimate of drug-likeness (QED) is 0.792. The summed E-state index contributed by atoms with van der Waals surface area (Å²) in [4.78, 5) is 11.6. The molecular weight excluding hydrogens is 207 g/mol. The second-order valence-corrected chi connectivity index (χ2v) is 4.16. The van der Waals surface area contributed by atoms with E-state index in [1.54, 1.807) is 12.1 Å². The van der Waals surface area contributed by atoms with Crippen LogP contribution in [-0.4, -0.2) is 12.5 Å². The minimum atomic E-state index is -0.814. The van der Waals surface area contributed by atoms with Crippen molar-refractivity contribution in [2.45, 2.75) is 24.8 Å². The maximum atomic E-state index is 12.8. The molecule has 1 saturated heterocycles. The Balaban J connectivity index is 2.38. The predicted molar refractivity (Wildman–Crippen MR) is 59.1 cm³/mol. The Hall–Kier alpha value is -1.42. The van der Waals surface area contributed by atoms with Crippen LogP contribution < -0.4 is 11.1 Å². The Morgan fingerprint density at radius 3 is 2.50 bits per heavy atom. The molecule has 3 nitrogen and oxygen atoms in total. The molecule has 1 fully saturated rings. The molecule has 0 bridgehead atoms. The van der Waals surface area contributed by atoms with Crippen molar-refractivity contribution in [1.29, 1.82) is 0 Å². The fraction of sp³-hybridized carbons (Fsp3) is 0.417. The third-order valence-corrected chi connectivity index (χ3v) is 3.16. The molecule has 86 valence electrons.